The molecule has 0 bridgehead atoms. The minimum Gasteiger partial charge on any atom is -0.464 e. The van der Waals surface area contributed by atoms with Gasteiger partial charge >= 0.3 is 19.7 Å². The van der Waals surface area contributed by atoms with E-state index in [2.05, 4.69) is 5.32 Å². The Morgan fingerprint density at radius 1 is 1.12 bits per heavy atom. The van der Waals surface area contributed by atoms with Crippen LogP contribution < -0.4 is 15.6 Å². The zero-order chi connectivity index (χ0) is 35.6. The molecule has 3 N–H and O–H groups in total. The number of allylic oxidation sites excluding steroid dienone is 3. The van der Waals surface area contributed by atoms with E-state index in [4.69, 9.17) is 52.4 Å². The number of nitrogens with zero attached hydrogens (tertiary/aromatic N) is 2. The van der Waals surface area contributed by atoms with Crippen molar-refractivity contribution >= 4 is 60.3 Å². The normalized spacial score (nSPS) is 16.3. The summed E-state index contributed by atoms with van der Waals surface area (Å²) in [5, 5.41) is 4.59. The highest BCUT2D eigenvalue weighted by Gasteiger charge is 2.32. The third-order valence-corrected chi connectivity index (χ3v) is 10.7. The first-order valence-corrected chi connectivity index (χ1v) is 19.1. The van der Waals surface area contributed by atoms with Crippen molar-refractivity contribution in [2.45, 2.75) is 69.7 Å². The number of amides is 1. The fourth-order valence-electron chi connectivity index (χ4n) is 4.81. The van der Waals surface area contributed by atoms with Crippen LogP contribution in [-0.2, 0) is 36.5 Å². The molecule has 15 heteroatoms. The summed E-state index contributed by atoms with van der Waals surface area (Å²) in [6.07, 6.45) is 2.46. The molecule has 1 amide bonds. The summed E-state index contributed by atoms with van der Waals surface area (Å²) in [5.41, 5.74) is 7.85. The number of nitrogens with two attached hydrogens (primary N) is 1. The number of hydrogen-bond acceptors (Lipinski definition) is 10. The van der Waals surface area contributed by atoms with Gasteiger partial charge in [0.1, 0.15) is 16.6 Å². The van der Waals surface area contributed by atoms with Crippen molar-refractivity contribution in [1.82, 2.24) is 9.55 Å². The number of ether oxygens (including phenoxy) is 2. The summed E-state index contributed by atoms with van der Waals surface area (Å²) in [6.45, 7) is 8.01. The van der Waals surface area contributed by atoms with Crippen LogP contribution in [0.3, 0.4) is 0 Å². The zero-order valence-electron chi connectivity index (χ0n) is 27.8. The maximum atomic E-state index is 13.8. The number of imidazole rings is 1. The number of nitrogens with one attached hydrogen (secondary N) is 1. The van der Waals surface area contributed by atoms with Gasteiger partial charge in [-0.3, -0.25) is 4.52 Å². The van der Waals surface area contributed by atoms with Gasteiger partial charge in [0, 0.05) is 35.1 Å². The maximum absolute atomic E-state index is 13.8. The Balaban J connectivity index is 1.50. The van der Waals surface area contributed by atoms with Gasteiger partial charge in [-0.05, 0) is 55.7 Å². The number of rotatable bonds is 17. The van der Waals surface area contributed by atoms with Crippen molar-refractivity contribution in [2.24, 2.45) is 5.73 Å². The van der Waals surface area contributed by atoms with Gasteiger partial charge in [0.15, 0.2) is 12.7 Å². The van der Waals surface area contributed by atoms with Gasteiger partial charge < -0.3 is 29.6 Å². The number of carbonyl (C=O) groups is 2. The second-order valence-electron chi connectivity index (χ2n) is 11.4. The van der Waals surface area contributed by atoms with Gasteiger partial charge in [0.25, 0.3) is 0 Å². The van der Waals surface area contributed by atoms with Crippen LogP contribution in [0.5, 0.6) is 5.75 Å². The van der Waals surface area contributed by atoms with E-state index in [1.807, 2.05) is 60.9 Å². The van der Waals surface area contributed by atoms with Crippen molar-refractivity contribution < 1.29 is 32.7 Å². The number of primary amides is 1. The van der Waals surface area contributed by atoms with Crippen molar-refractivity contribution in [3.8, 4) is 5.75 Å². The molecule has 1 aromatic heterocycles. The molecule has 11 nitrogen and oxygen atoms in total. The fourth-order valence-corrected chi connectivity index (χ4v) is 8.57. The van der Waals surface area contributed by atoms with Gasteiger partial charge in [-0.25, -0.2) is 19.1 Å². The second kappa shape index (κ2) is 18.0. The fraction of sp³-hybridized carbons (Fsp3) is 0.382. The third-order valence-electron chi connectivity index (χ3n) is 7.10. The largest absolute Gasteiger partial charge is 0.464 e. The highest BCUT2D eigenvalue weighted by Crippen LogP contribution is 2.49. The molecule has 4 rings (SSSR count). The molecule has 1 aliphatic carbocycles. The summed E-state index contributed by atoms with van der Waals surface area (Å²) in [6, 6.07) is 16.4. The number of carbonyl (C=O) groups excluding carboxylic acids is 2. The molecule has 2 aromatic carbocycles. The van der Waals surface area contributed by atoms with Crippen LogP contribution in [0.2, 0.25) is 0 Å². The van der Waals surface area contributed by atoms with Gasteiger partial charge in [0.2, 0.25) is 0 Å². The molecule has 0 radical (unpaired) electrons. The molecule has 2 unspecified atom stereocenters. The molecule has 0 aliphatic heterocycles. The summed E-state index contributed by atoms with van der Waals surface area (Å²) in [7, 11) is -3.77. The summed E-state index contributed by atoms with van der Waals surface area (Å²) >= 11 is 14.3. The molecule has 1 aliphatic rings. The molecule has 0 spiro atoms. The van der Waals surface area contributed by atoms with E-state index < -0.39 is 25.8 Å². The molecule has 3 aromatic rings. The molecule has 1 heterocycles. The highest BCUT2D eigenvalue weighted by atomic mass is 35.5. The quantitative estimate of drug-likeness (QED) is 0.0784. The Labute approximate surface area is 301 Å². The maximum Gasteiger partial charge on any atom is 0.404 e. The van der Waals surface area contributed by atoms with E-state index in [1.165, 1.54) is 18.7 Å². The minimum absolute atomic E-state index is 0.0122. The van der Waals surface area contributed by atoms with Crippen molar-refractivity contribution in [1.29, 1.82) is 0 Å². The van der Waals surface area contributed by atoms with Crippen LogP contribution in [-0.4, -0.2) is 52.4 Å². The average Bonchev–Trinajstić information content (AvgIpc) is 3.37. The zero-order valence-corrected chi connectivity index (χ0v) is 31.0. The van der Waals surface area contributed by atoms with Crippen molar-refractivity contribution in [3.05, 3.63) is 93.8 Å². The van der Waals surface area contributed by atoms with Gasteiger partial charge in [-0.2, -0.15) is 0 Å². The van der Waals surface area contributed by atoms with Gasteiger partial charge in [-0.1, -0.05) is 73.6 Å². The Morgan fingerprint density at radius 2 is 1.84 bits per heavy atom. The molecule has 0 saturated carbocycles. The lowest BCUT2D eigenvalue weighted by Crippen LogP contribution is -2.24. The van der Waals surface area contributed by atoms with E-state index in [0.29, 0.717) is 29.6 Å². The third kappa shape index (κ3) is 11.6. The van der Waals surface area contributed by atoms with E-state index >= 15 is 0 Å². The van der Waals surface area contributed by atoms with Crippen LogP contribution in [0.1, 0.15) is 57.1 Å². The number of hydrogen-bond donors (Lipinski definition) is 2. The average molecular weight is 752 g/mol. The summed E-state index contributed by atoms with van der Waals surface area (Å²) < 4.78 is 37.4. The number of thioether (sulfide) groups is 1. The number of anilines is 1. The lowest BCUT2D eigenvalue weighted by atomic mass is 10.1. The lowest BCUT2D eigenvalue weighted by molar-refractivity contribution is -0.150. The van der Waals surface area contributed by atoms with E-state index in [-0.39, 0.29) is 37.2 Å². The molecule has 49 heavy (non-hydrogen) atoms. The molecule has 0 saturated heterocycles. The molecule has 0 fully saturated rings. The van der Waals surface area contributed by atoms with Gasteiger partial charge in [-0.15, -0.1) is 11.6 Å². The minimum atomic E-state index is -3.77. The van der Waals surface area contributed by atoms with Crippen LogP contribution in [0.25, 0.3) is 0 Å². The predicted molar refractivity (Wildman–Crippen MR) is 194 cm³/mol. The molecular formula is C34H41Cl2N4O7PS. The molecule has 264 valence electrons. The van der Waals surface area contributed by atoms with Crippen LogP contribution >= 0.6 is 42.6 Å². The Bertz CT molecular complexity index is 1700. The lowest BCUT2D eigenvalue weighted by Gasteiger charge is -2.22. The van der Waals surface area contributed by atoms with Gasteiger partial charge in [0.05, 0.1) is 23.8 Å². The van der Waals surface area contributed by atoms with Crippen LogP contribution in [0.15, 0.2) is 81.7 Å². The van der Waals surface area contributed by atoms with Crippen molar-refractivity contribution in [2.75, 3.05) is 24.6 Å². The van der Waals surface area contributed by atoms with E-state index in [9.17, 15) is 14.2 Å². The first-order chi connectivity index (χ1) is 23.4. The topological polar surface area (TPSA) is 144 Å². The second-order valence-corrected chi connectivity index (χ2v) is 15.6. The SMILES string of the molecule is CCOC(=O)[C@H](C)OP(=O)(CCNc1ccc(Cn2c(COC(N)=O)nc(C(C)C)c2SC2=CC(Cl)CC(Cl)=C2)cc1)Oc1ccccc1. The summed E-state index contributed by atoms with van der Waals surface area (Å²) in [5.74, 6) is 0.369. The first-order valence-electron chi connectivity index (χ1n) is 15.8. The van der Waals surface area contributed by atoms with E-state index in [0.717, 1.165) is 26.9 Å². The smallest absolute Gasteiger partial charge is 0.404 e. The Hall–Kier alpha value is -3.41. The molecule has 3 atom stereocenters. The van der Waals surface area contributed by atoms with E-state index in [1.54, 1.807) is 31.2 Å². The number of benzene rings is 2. The standard InChI is InChI=1S/C34H41Cl2N4O7PS/c1-5-44-33(41)23(4)46-48(43,47-28-9-7-6-8-10-28)16-15-38-27-13-11-24(12-14-27)20-40-30(21-45-34(37)42)39-31(22(2)3)32(40)49-29-18-25(35)17-26(36)19-29/h6-14,18-19,22-23,25,38H,5,15-17,20-21H2,1-4H3,(H2,37,42)/t23-,25?,48?/m0/s1. The number of aromatic nitrogens is 2. The van der Waals surface area contributed by atoms with Crippen molar-refractivity contribution in [3.63, 3.8) is 0 Å². The Kier molecular flexibility index (Phi) is 14.1. The highest BCUT2D eigenvalue weighted by molar-refractivity contribution is 8.03. The first kappa shape index (κ1) is 38.4. The number of alkyl halides is 1. The van der Waals surface area contributed by atoms with Crippen LogP contribution in [0.4, 0.5) is 10.5 Å². The monoisotopic (exact) mass is 750 g/mol. The Morgan fingerprint density at radius 3 is 2.47 bits per heavy atom. The summed E-state index contributed by atoms with van der Waals surface area (Å²) in [4.78, 5) is 29.4. The molecular weight excluding hydrogens is 710 g/mol. The van der Waals surface area contributed by atoms with Crippen LogP contribution in [0, 0.1) is 0 Å². The number of para-hydroxylation sites is 1. The predicted octanol–water partition coefficient (Wildman–Crippen LogP) is 8.41. The number of halogens is 2. The number of esters is 1.